The molecule has 0 saturated carbocycles. The zero-order chi connectivity index (χ0) is 6.53. The molecular weight excluding hydrogens is 128 g/mol. The van der Waals surface area contributed by atoms with Gasteiger partial charge >= 0.3 is 0 Å². The lowest BCUT2D eigenvalue weighted by Crippen LogP contribution is -1.80. The maximum absolute atomic E-state index is 2.35. The van der Waals surface area contributed by atoms with Gasteiger partial charge in [0, 0.05) is 0 Å². The van der Waals surface area contributed by atoms with Crippen molar-refractivity contribution in [2.24, 2.45) is 0 Å². The molecule has 0 aromatic heterocycles. The highest BCUT2D eigenvalue weighted by atomic mass is 32.2. The first-order valence-electron chi connectivity index (χ1n) is 3.36. The summed E-state index contributed by atoms with van der Waals surface area (Å²) in [6.45, 7) is 2.19. The standard InChI is InChI=1S/C8H13S/c1-2-3-6-9-7-4-5-8-9/h3-5,7-9H,2,6H2,1H3. The molecule has 0 aromatic rings. The summed E-state index contributed by atoms with van der Waals surface area (Å²) in [5.41, 5.74) is 0. The van der Waals surface area contributed by atoms with Crippen LogP contribution < -0.4 is 0 Å². The predicted octanol–water partition coefficient (Wildman–Crippen LogP) is 2.64. The largest absolute Gasteiger partial charge is 0.213 e. The normalized spacial score (nSPS) is 19.4. The lowest BCUT2D eigenvalue weighted by molar-refractivity contribution is 1.10. The lowest BCUT2D eigenvalue weighted by Gasteiger charge is -2.06. The fourth-order valence-electron chi connectivity index (χ4n) is 0.770. The van der Waals surface area contributed by atoms with Gasteiger partial charge in [-0.05, 0) is 23.0 Å². The average Bonchev–Trinajstić information content (AvgIpc) is 2.34. The number of rotatable bonds is 3. The number of allylic oxidation sites excluding steroid dienone is 2. The predicted molar refractivity (Wildman–Crippen MR) is 46.7 cm³/mol. The Kier molecular flexibility index (Phi) is 2.92. The number of hydrogen-bond donors (Lipinski definition) is 1. The SMILES string of the molecule is CC[CH]C[SH]1C=CC=C1. The van der Waals surface area contributed by atoms with Gasteiger partial charge in [0.1, 0.15) is 0 Å². The van der Waals surface area contributed by atoms with Crippen LogP contribution in [-0.2, 0) is 0 Å². The van der Waals surface area contributed by atoms with E-state index in [9.17, 15) is 0 Å². The molecule has 9 heavy (non-hydrogen) atoms. The Labute approximate surface area is 60.0 Å². The van der Waals surface area contributed by atoms with Gasteiger partial charge in [-0.15, -0.1) is 0 Å². The van der Waals surface area contributed by atoms with Crippen molar-refractivity contribution in [2.75, 3.05) is 5.75 Å². The fraction of sp³-hybridized carbons (Fsp3) is 0.375. The third kappa shape index (κ3) is 2.27. The van der Waals surface area contributed by atoms with E-state index in [0.29, 0.717) is 0 Å². The highest BCUT2D eigenvalue weighted by molar-refractivity contribution is 8.22. The first-order chi connectivity index (χ1) is 4.43. The highest BCUT2D eigenvalue weighted by Crippen LogP contribution is 2.32. The summed E-state index contributed by atoms with van der Waals surface area (Å²) in [4.78, 5) is 0. The van der Waals surface area contributed by atoms with Crippen LogP contribution in [0.4, 0.5) is 0 Å². The molecule has 51 valence electrons. The molecule has 1 radical (unpaired) electrons. The van der Waals surface area contributed by atoms with Crippen molar-refractivity contribution in [2.45, 2.75) is 13.3 Å². The van der Waals surface area contributed by atoms with E-state index in [2.05, 4.69) is 36.3 Å². The molecule has 0 bridgehead atoms. The minimum atomic E-state index is 0.132. The van der Waals surface area contributed by atoms with Crippen molar-refractivity contribution in [3.63, 3.8) is 0 Å². The first kappa shape index (κ1) is 6.94. The van der Waals surface area contributed by atoms with Crippen molar-refractivity contribution in [1.82, 2.24) is 0 Å². The molecule has 0 unspecified atom stereocenters. The van der Waals surface area contributed by atoms with Gasteiger partial charge < -0.3 is 0 Å². The van der Waals surface area contributed by atoms with E-state index in [1.165, 1.54) is 12.2 Å². The van der Waals surface area contributed by atoms with Crippen molar-refractivity contribution in [3.8, 4) is 0 Å². The maximum atomic E-state index is 2.35. The zero-order valence-corrected chi connectivity index (χ0v) is 6.64. The minimum absolute atomic E-state index is 0.132. The van der Waals surface area contributed by atoms with Crippen LogP contribution >= 0.6 is 10.9 Å². The van der Waals surface area contributed by atoms with E-state index in [4.69, 9.17) is 0 Å². The Morgan fingerprint density at radius 3 is 2.56 bits per heavy atom. The van der Waals surface area contributed by atoms with Crippen LogP contribution in [0.3, 0.4) is 0 Å². The third-order valence-corrected chi connectivity index (χ3v) is 3.08. The summed E-state index contributed by atoms with van der Waals surface area (Å²) >= 11 is 0. The number of thiol groups is 1. The van der Waals surface area contributed by atoms with Crippen LogP contribution in [0.2, 0.25) is 0 Å². The summed E-state index contributed by atoms with van der Waals surface area (Å²) in [6, 6.07) is 0. The van der Waals surface area contributed by atoms with Gasteiger partial charge in [0.25, 0.3) is 0 Å². The van der Waals surface area contributed by atoms with E-state index in [1.54, 1.807) is 0 Å². The van der Waals surface area contributed by atoms with E-state index in [-0.39, 0.29) is 10.9 Å². The molecule has 0 atom stereocenters. The van der Waals surface area contributed by atoms with Gasteiger partial charge in [-0.2, -0.15) is 0 Å². The second-order valence-electron chi connectivity index (χ2n) is 2.08. The number of unbranched alkanes of at least 4 members (excludes halogenated alkanes) is 1. The van der Waals surface area contributed by atoms with Crippen LogP contribution in [0.15, 0.2) is 23.0 Å². The topological polar surface area (TPSA) is 0 Å². The van der Waals surface area contributed by atoms with E-state index in [1.807, 2.05) is 0 Å². The smallest absolute Gasteiger partial charge is 0.0154 e. The summed E-state index contributed by atoms with van der Waals surface area (Å²) in [7, 11) is 0.132. The molecule has 0 N–H and O–H groups in total. The van der Waals surface area contributed by atoms with Gasteiger partial charge in [0.05, 0.1) is 0 Å². The molecule has 0 aliphatic carbocycles. The van der Waals surface area contributed by atoms with Crippen LogP contribution in [-0.4, -0.2) is 5.75 Å². The summed E-state index contributed by atoms with van der Waals surface area (Å²) in [5, 5.41) is 4.61. The highest BCUT2D eigenvalue weighted by Gasteiger charge is 1.95. The van der Waals surface area contributed by atoms with Crippen LogP contribution in [0.5, 0.6) is 0 Å². The Morgan fingerprint density at radius 2 is 2.00 bits per heavy atom. The monoisotopic (exact) mass is 141 g/mol. The Bertz CT molecular complexity index is 113. The molecule has 1 heterocycles. The molecule has 1 aliphatic heterocycles. The fourth-order valence-corrected chi connectivity index (χ4v) is 2.31. The Morgan fingerprint density at radius 1 is 1.33 bits per heavy atom. The summed E-state index contributed by atoms with van der Waals surface area (Å²) in [5.74, 6) is 1.28. The van der Waals surface area contributed by atoms with Gasteiger partial charge in [0.15, 0.2) is 0 Å². The third-order valence-electron chi connectivity index (χ3n) is 1.29. The van der Waals surface area contributed by atoms with Crippen molar-refractivity contribution in [1.29, 1.82) is 0 Å². The van der Waals surface area contributed by atoms with Crippen LogP contribution in [0.25, 0.3) is 0 Å². The van der Waals surface area contributed by atoms with Crippen molar-refractivity contribution in [3.05, 3.63) is 29.4 Å². The van der Waals surface area contributed by atoms with Gasteiger partial charge in [0.2, 0.25) is 0 Å². The second kappa shape index (κ2) is 3.78. The molecule has 1 rings (SSSR count). The molecule has 0 spiro atoms. The summed E-state index contributed by atoms with van der Waals surface area (Å²) < 4.78 is 0. The summed E-state index contributed by atoms with van der Waals surface area (Å²) in [6.07, 6.45) is 7.86. The maximum Gasteiger partial charge on any atom is -0.0154 e. The van der Waals surface area contributed by atoms with E-state index < -0.39 is 0 Å². The second-order valence-corrected chi connectivity index (χ2v) is 4.07. The van der Waals surface area contributed by atoms with Crippen LogP contribution in [0.1, 0.15) is 13.3 Å². The zero-order valence-electron chi connectivity index (χ0n) is 5.75. The molecule has 0 aromatic carbocycles. The quantitative estimate of drug-likeness (QED) is 0.574. The van der Waals surface area contributed by atoms with Crippen molar-refractivity contribution >= 4 is 10.9 Å². The molecule has 0 nitrogen and oxygen atoms in total. The van der Waals surface area contributed by atoms with Crippen molar-refractivity contribution < 1.29 is 0 Å². The average molecular weight is 141 g/mol. The minimum Gasteiger partial charge on any atom is -0.213 e. The van der Waals surface area contributed by atoms with Gasteiger partial charge in [-0.3, -0.25) is 0 Å². The lowest BCUT2D eigenvalue weighted by atomic mass is 10.4. The van der Waals surface area contributed by atoms with E-state index >= 15 is 0 Å². The van der Waals surface area contributed by atoms with Crippen LogP contribution in [0, 0.1) is 6.42 Å². The first-order valence-corrected chi connectivity index (χ1v) is 5.02. The number of hydrogen-bond acceptors (Lipinski definition) is 0. The molecule has 1 aliphatic rings. The molecule has 0 saturated heterocycles. The van der Waals surface area contributed by atoms with E-state index in [0.717, 1.165) is 0 Å². The Balaban J connectivity index is 2.13. The Hall–Kier alpha value is -0.170. The molecule has 1 heteroatoms. The molecule has 0 fully saturated rings. The van der Waals surface area contributed by atoms with Gasteiger partial charge in [-0.1, -0.05) is 25.5 Å². The molecule has 0 amide bonds. The molecular formula is C8H13S. The van der Waals surface area contributed by atoms with Gasteiger partial charge in [-0.25, -0.2) is 10.9 Å².